The van der Waals surface area contributed by atoms with Crippen molar-refractivity contribution in [3.05, 3.63) is 58.7 Å². The highest BCUT2D eigenvalue weighted by molar-refractivity contribution is 7.97. The summed E-state index contributed by atoms with van der Waals surface area (Å²) in [5.74, 6) is 0. The predicted octanol–water partition coefficient (Wildman–Crippen LogP) is 4.26. The highest BCUT2D eigenvalue weighted by Gasteiger charge is 2.20. The minimum absolute atomic E-state index is 0.268. The lowest BCUT2D eigenvalue weighted by molar-refractivity contribution is 0.549. The van der Waals surface area contributed by atoms with Crippen molar-refractivity contribution in [2.75, 3.05) is 5.32 Å². The first-order valence-electron chi connectivity index (χ1n) is 7.92. The maximum absolute atomic E-state index is 8.90. The van der Waals surface area contributed by atoms with Crippen LogP contribution in [0, 0.1) is 32.1 Å². The molecule has 1 N–H and O–H groups in total. The Labute approximate surface area is 152 Å². The lowest BCUT2D eigenvalue weighted by Crippen LogP contribution is -2.35. The molecule has 1 heterocycles. The van der Waals surface area contributed by atoms with Gasteiger partial charge in [0.15, 0.2) is 0 Å². The number of hydrogen-bond donors (Lipinski definition) is 1. The van der Waals surface area contributed by atoms with Gasteiger partial charge in [-0.2, -0.15) is 5.26 Å². The molecule has 1 atom stereocenters. The number of benzene rings is 2. The van der Waals surface area contributed by atoms with Gasteiger partial charge >= 0.3 is 0 Å². The van der Waals surface area contributed by atoms with Gasteiger partial charge in [-0.1, -0.05) is 17.7 Å². The van der Waals surface area contributed by atoms with Crippen LogP contribution in [0.3, 0.4) is 0 Å². The number of anilines is 1. The summed E-state index contributed by atoms with van der Waals surface area (Å²) >= 11 is 1.62. The van der Waals surface area contributed by atoms with E-state index in [9.17, 15) is 0 Å². The van der Waals surface area contributed by atoms with E-state index < -0.39 is 0 Å². The van der Waals surface area contributed by atoms with E-state index in [-0.39, 0.29) is 6.29 Å². The van der Waals surface area contributed by atoms with E-state index in [4.69, 9.17) is 5.26 Å². The second kappa shape index (κ2) is 7.41. The molecule has 0 radical (unpaired) electrons. The highest BCUT2D eigenvalue weighted by atomic mass is 32.2. The van der Waals surface area contributed by atoms with Gasteiger partial charge in [-0.25, -0.2) is 9.98 Å². The van der Waals surface area contributed by atoms with Gasteiger partial charge in [0.05, 0.1) is 11.6 Å². The van der Waals surface area contributed by atoms with Crippen LogP contribution < -0.4 is 5.32 Å². The first-order chi connectivity index (χ1) is 12.1. The number of nitrogens with zero attached hydrogens (tertiary/aromatic N) is 4. The van der Waals surface area contributed by atoms with Crippen LogP contribution in [-0.4, -0.2) is 23.3 Å². The highest BCUT2D eigenvalue weighted by Crippen LogP contribution is 2.32. The average molecular weight is 349 g/mol. The summed E-state index contributed by atoms with van der Waals surface area (Å²) < 4.78 is 1.99. The molecule has 0 saturated heterocycles. The lowest BCUT2D eigenvalue weighted by atomic mass is 10.1. The predicted molar refractivity (Wildman–Crippen MR) is 104 cm³/mol. The van der Waals surface area contributed by atoms with Crippen molar-refractivity contribution in [2.24, 2.45) is 9.98 Å². The Bertz CT molecular complexity index is 841. The Morgan fingerprint density at radius 1 is 1.12 bits per heavy atom. The molecule has 2 aromatic rings. The Morgan fingerprint density at radius 3 is 2.44 bits per heavy atom. The van der Waals surface area contributed by atoms with E-state index in [1.165, 1.54) is 21.6 Å². The first kappa shape index (κ1) is 17.1. The van der Waals surface area contributed by atoms with Gasteiger partial charge in [-0.05, 0) is 68.1 Å². The smallest absolute Gasteiger partial charge is 0.208 e. The van der Waals surface area contributed by atoms with Gasteiger partial charge in [0.2, 0.25) is 6.29 Å². The zero-order chi connectivity index (χ0) is 17.8. The van der Waals surface area contributed by atoms with Gasteiger partial charge < -0.3 is 5.32 Å². The second-order valence-corrected chi connectivity index (χ2v) is 6.93. The van der Waals surface area contributed by atoms with E-state index >= 15 is 0 Å². The molecule has 1 aliphatic heterocycles. The molecule has 0 spiro atoms. The fraction of sp³-hybridized carbons (Fsp3) is 0.211. The second-order valence-electron chi connectivity index (χ2n) is 5.92. The number of rotatable bonds is 4. The van der Waals surface area contributed by atoms with E-state index in [0.29, 0.717) is 5.56 Å². The summed E-state index contributed by atoms with van der Waals surface area (Å²) in [6.07, 6.45) is 3.06. The normalized spacial score (nSPS) is 15.9. The standard InChI is InChI=1S/C19H19N5S/c1-13-8-14(2)18(15(3)9-13)25-24-12-21-11-22-19(24)23-17-6-4-16(10-20)5-7-17/h4-9,11-12,19,23H,1-3H3. The third-order valence-electron chi connectivity index (χ3n) is 3.81. The van der Waals surface area contributed by atoms with Crippen molar-refractivity contribution >= 4 is 30.3 Å². The molecule has 0 aliphatic carbocycles. The minimum Gasteiger partial charge on any atom is -0.346 e. The van der Waals surface area contributed by atoms with Crippen molar-refractivity contribution in [3.63, 3.8) is 0 Å². The number of hydrogen-bond acceptors (Lipinski definition) is 6. The van der Waals surface area contributed by atoms with E-state index in [1.807, 2.05) is 16.4 Å². The maximum Gasteiger partial charge on any atom is 0.208 e. The molecule has 0 saturated carbocycles. The summed E-state index contributed by atoms with van der Waals surface area (Å²) in [5.41, 5.74) is 5.28. The average Bonchev–Trinajstić information content (AvgIpc) is 2.60. The number of nitriles is 1. The van der Waals surface area contributed by atoms with Crippen LogP contribution in [0.2, 0.25) is 0 Å². The van der Waals surface area contributed by atoms with Gasteiger partial charge in [-0.3, -0.25) is 4.31 Å². The topological polar surface area (TPSA) is 63.8 Å². The van der Waals surface area contributed by atoms with Gasteiger partial charge in [-0.15, -0.1) is 0 Å². The molecule has 1 unspecified atom stereocenters. The Balaban J connectivity index is 1.79. The van der Waals surface area contributed by atoms with Crippen molar-refractivity contribution in [3.8, 4) is 6.07 Å². The SMILES string of the molecule is Cc1cc(C)c(SN2C=NC=NC2Nc2ccc(C#N)cc2)c(C)c1. The minimum atomic E-state index is -0.268. The van der Waals surface area contributed by atoms with Crippen molar-refractivity contribution in [1.29, 1.82) is 5.26 Å². The largest absolute Gasteiger partial charge is 0.346 e. The molecule has 126 valence electrons. The summed E-state index contributed by atoms with van der Waals surface area (Å²) in [6.45, 7) is 6.35. The Hall–Kier alpha value is -2.78. The molecule has 3 rings (SSSR count). The van der Waals surface area contributed by atoms with Gasteiger partial charge in [0.1, 0.15) is 12.7 Å². The molecular formula is C19H19N5S. The summed E-state index contributed by atoms with van der Waals surface area (Å²) in [5, 5.41) is 12.3. The summed E-state index contributed by atoms with van der Waals surface area (Å²) in [4.78, 5) is 9.79. The monoisotopic (exact) mass is 349 g/mol. The van der Waals surface area contributed by atoms with E-state index in [2.05, 4.69) is 54.3 Å². The molecule has 2 aromatic carbocycles. The first-order valence-corrected chi connectivity index (χ1v) is 8.70. The van der Waals surface area contributed by atoms with E-state index in [1.54, 1.807) is 36.8 Å². The van der Waals surface area contributed by atoms with Gasteiger partial charge in [0.25, 0.3) is 0 Å². The maximum atomic E-state index is 8.90. The van der Waals surface area contributed by atoms with Crippen molar-refractivity contribution in [1.82, 2.24) is 4.31 Å². The molecular weight excluding hydrogens is 330 g/mol. The number of nitrogens with one attached hydrogen (secondary N) is 1. The Morgan fingerprint density at radius 2 is 1.80 bits per heavy atom. The lowest BCUT2D eigenvalue weighted by Gasteiger charge is -2.29. The van der Waals surface area contributed by atoms with Crippen LogP contribution >= 0.6 is 11.9 Å². The third-order valence-corrected chi connectivity index (χ3v) is 5.14. The molecule has 25 heavy (non-hydrogen) atoms. The number of aliphatic imine (C=N–C) groups is 2. The fourth-order valence-electron chi connectivity index (χ4n) is 2.71. The molecule has 5 nitrogen and oxygen atoms in total. The van der Waals surface area contributed by atoms with Crippen LogP contribution in [0.15, 0.2) is 51.3 Å². The molecule has 6 heteroatoms. The van der Waals surface area contributed by atoms with Crippen LogP contribution in [0.4, 0.5) is 5.69 Å². The third kappa shape index (κ3) is 4.01. The Kier molecular flexibility index (Phi) is 5.05. The molecule has 0 fully saturated rings. The summed E-state index contributed by atoms with van der Waals surface area (Å²) in [6, 6.07) is 13.8. The zero-order valence-electron chi connectivity index (χ0n) is 14.4. The molecule has 0 aromatic heterocycles. The molecule has 0 bridgehead atoms. The summed E-state index contributed by atoms with van der Waals surface area (Å²) in [7, 11) is 0. The zero-order valence-corrected chi connectivity index (χ0v) is 15.2. The van der Waals surface area contributed by atoms with Crippen molar-refractivity contribution < 1.29 is 0 Å². The number of aryl methyl sites for hydroxylation is 3. The van der Waals surface area contributed by atoms with Gasteiger partial charge in [0, 0.05) is 10.6 Å². The van der Waals surface area contributed by atoms with Crippen LogP contribution in [-0.2, 0) is 0 Å². The quantitative estimate of drug-likeness (QED) is 0.838. The molecule has 0 amide bonds. The van der Waals surface area contributed by atoms with Crippen LogP contribution in [0.25, 0.3) is 0 Å². The van der Waals surface area contributed by atoms with Crippen LogP contribution in [0.1, 0.15) is 22.3 Å². The van der Waals surface area contributed by atoms with Crippen molar-refractivity contribution in [2.45, 2.75) is 32.0 Å². The van der Waals surface area contributed by atoms with Crippen LogP contribution in [0.5, 0.6) is 0 Å². The fourth-order valence-corrected chi connectivity index (χ4v) is 3.63. The van der Waals surface area contributed by atoms with E-state index in [0.717, 1.165) is 5.69 Å². The molecule has 1 aliphatic rings.